The van der Waals surface area contributed by atoms with Crippen LogP contribution in [0, 0.1) is 0 Å². The van der Waals surface area contributed by atoms with E-state index in [9.17, 15) is 13.2 Å². The molecule has 15 heavy (non-hydrogen) atoms. The summed E-state index contributed by atoms with van der Waals surface area (Å²) in [6, 6.07) is 5.05. The van der Waals surface area contributed by atoms with E-state index < -0.39 is 12.8 Å². The molecule has 0 N–H and O–H groups in total. The first-order chi connectivity index (χ1) is 7.08. The van der Waals surface area contributed by atoms with Crippen LogP contribution in [0.25, 0.3) is 0 Å². The van der Waals surface area contributed by atoms with Gasteiger partial charge in [-0.25, -0.2) is 4.98 Å². The summed E-state index contributed by atoms with van der Waals surface area (Å²) in [5, 5.41) is 0. The van der Waals surface area contributed by atoms with Crippen molar-refractivity contribution in [1.29, 1.82) is 0 Å². The second kappa shape index (κ2) is 5.55. The summed E-state index contributed by atoms with van der Waals surface area (Å²) < 4.78 is 44.2. The van der Waals surface area contributed by atoms with Crippen LogP contribution < -0.4 is 4.74 Å². The summed E-state index contributed by atoms with van der Waals surface area (Å²) in [7, 11) is 0. The SMILES string of the molecule is FC(F)(F)COCCOc1ccccn1. The number of halogens is 3. The maximum atomic E-state index is 11.6. The second-order valence-corrected chi connectivity index (χ2v) is 2.68. The third-order valence-electron chi connectivity index (χ3n) is 1.38. The molecule has 0 bridgehead atoms. The summed E-state index contributed by atoms with van der Waals surface area (Å²) in [5.41, 5.74) is 0. The molecule has 1 aromatic rings. The highest BCUT2D eigenvalue weighted by molar-refractivity contribution is 5.08. The lowest BCUT2D eigenvalue weighted by molar-refractivity contribution is -0.175. The lowest BCUT2D eigenvalue weighted by Crippen LogP contribution is -2.19. The lowest BCUT2D eigenvalue weighted by atomic mass is 10.5. The topological polar surface area (TPSA) is 31.4 Å². The molecule has 0 aliphatic heterocycles. The van der Waals surface area contributed by atoms with Gasteiger partial charge >= 0.3 is 6.18 Å². The van der Waals surface area contributed by atoms with E-state index in [0.29, 0.717) is 5.88 Å². The van der Waals surface area contributed by atoms with Gasteiger partial charge in [0.15, 0.2) is 0 Å². The molecule has 0 aliphatic carbocycles. The highest BCUT2D eigenvalue weighted by Gasteiger charge is 2.27. The molecule has 1 aromatic heterocycles. The van der Waals surface area contributed by atoms with Gasteiger partial charge < -0.3 is 9.47 Å². The predicted molar refractivity (Wildman–Crippen MR) is 46.6 cm³/mol. The molecule has 6 heteroatoms. The zero-order chi connectivity index (χ0) is 11.1. The second-order valence-electron chi connectivity index (χ2n) is 2.68. The van der Waals surface area contributed by atoms with Gasteiger partial charge in [0.05, 0.1) is 6.61 Å². The van der Waals surface area contributed by atoms with Gasteiger partial charge in [-0.1, -0.05) is 6.07 Å². The average Bonchev–Trinajstić information content (AvgIpc) is 2.17. The van der Waals surface area contributed by atoms with Crippen molar-refractivity contribution in [2.24, 2.45) is 0 Å². The van der Waals surface area contributed by atoms with E-state index >= 15 is 0 Å². The number of aromatic nitrogens is 1. The van der Waals surface area contributed by atoms with E-state index in [4.69, 9.17) is 4.74 Å². The molecule has 0 radical (unpaired) electrons. The lowest BCUT2D eigenvalue weighted by Gasteiger charge is -2.08. The number of pyridine rings is 1. The standard InChI is InChI=1S/C9H10F3NO2/c10-9(11,12)7-14-5-6-15-8-3-1-2-4-13-8/h1-4H,5-7H2. The Balaban J connectivity index is 2.08. The molecule has 0 aliphatic rings. The van der Waals surface area contributed by atoms with Crippen molar-refractivity contribution < 1.29 is 22.6 Å². The Morgan fingerprint density at radius 1 is 1.20 bits per heavy atom. The molecule has 3 nitrogen and oxygen atoms in total. The van der Waals surface area contributed by atoms with Gasteiger partial charge in [0, 0.05) is 12.3 Å². The van der Waals surface area contributed by atoms with Crippen molar-refractivity contribution in [3.63, 3.8) is 0 Å². The number of alkyl halides is 3. The molecule has 84 valence electrons. The van der Waals surface area contributed by atoms with Crippen LogP contribution in [0.2, 0.25) is 0 Å². The quantitative estimate of drug-likeness (QED) is 0.713. The molecule has 0 amide bonds. The Labute approximate surface area is 84.8 Å². The van der Waals surface area contributed by atoms with Gasteiger partial charge in [-0.2, -0.15) is 13.2 Å². The normalized spacial score (nSPS) is 11.4. The first-order valence-electron chi connectivity index (χ1n) is 4.26. The maximum absolute atomic E-state index is 11.6. The van der Waals surface area contributed by atoms with Crippen molar-refractivity contribution in [2.45, 2.75) is 6.18 Å². The number of nitrogens with zero attached hydrogens (tertiary/aromatic N) is 1. The Hall–Kier alpha value is -1.30. The molecule has 1 heterocycles. The number of hydrogen-bond acceptors (Lipinski definition) is 3. The van der Waals surface area contributed by atoms with Gasteiger partial charge in [-0.15, -0.1) is 0 Å². The van der Waals surface area contributed by atoms with Gasteiger partial charge in [-0.3, -0.25) is 0 Å². The van der Waals surface area contributed by atoms with E-state index in [-0.39, 0.29) is 13.2 Å². The van der Waals surface area contributed by atoms with Crippen LogP contribution in [-0.4, -0.2) is 31.0 Å². The van der Waals surface area contributed by atoms with Gasteiger partial charge in [0.2, 0.25) is 5.88 Å². The number of ether oxygens (including phenoxy) is 2. The minimum absolute atomic E-state index is 0.0487. The van der Waals surface area contributed by atoms with Crippen molar-refractivity contribution in [3.05, 3.63) is 24.4 Å². The summed E-state index contributed by atoms with van der Waals surface area (Å²) in [4.78, 5) is 3.83. The Morgan fingerprint density at radius 2 is 2.00 bits per heavy atom. The van der Waals surface area contributed by atoms with E-state index in [1.807, 2.05) is 0 Å². The minimum Gasteiger partial charge on any atom is -0.475 e. The first-order valence-corrected chi connectivity index (χ1v) is 4.26. The minimum atomic E-state index is -4.29. The number of hydrogen-bond donors (Lipinski definition) is 0. The summed E-state index contributed by atoms with van der Waals surface area (Å²) in [6.07, 6.45) is -2.75. The highest BCUT2D eigenvalue weighted by atomic mass is 19.4. The molecule has 0 fully saturated rings. The fourth-order valence-corrected chi connectivity index (χ4v) is 0.826. The Kier molecular flexibility index (Phi) is 4.36. The van der Waals surface area contributed by atoms with Gasteiger partial charge in [0.1, 0.15) is 13.2 Å². The van der Waals surface area contributed by atoms with Crippen LogP contribution in [0.3, 0.4) is 0 Å². The van der Waals surface area contributed by atoms with Crippen LogP contribution in [0.1, 0.15) is 0 Å². The van der Waals surface area contributed by atoms with E-state index in [0.717, 1.165) is 0 Å². The van der Waals surface area contributed by atoms with Crippen molar-refractivity contribution >= 4 is 0 Å². The van der Waals surface area contributed by atoms with Gasteiger partial charge in [-0.05, 0) is 6.07 Å². The molecule has 0 spiro atoms. The average molecular weight is 221 g/mol. The number of rotatable bonds is 5. The predicted octanol–water partition coefficient (Wildman–Crippen LogP) is 2.04. The molecule has 0 unspecified atom stereocenters. The smallest absolute Gasteiger partial charge is 0.411 e. The summed E-state index contributed by atoms with van der Waals surface area (Å²) in [5.74, 6) is 0.369. The van der Waals surface area contributed by atoms with Crippen LogP contribution in [-0.2, 0) is 4.74 Å². The third-order valence-corrected chi connectivity index (χ3v) is 1.38. The van der Waals surface area contributed by atoms with Crippen molar-refractivity contribution in [3.8, 4) is 5.88 Å². The molecule has 0 saturated heterocycles. The van der Waals surface area contributed by atoms with Crippen LogP contribution in [0.15, 0.2) is 24.4 Å². The van der Waals surface area contributed by atoms with Crippen LogP contribution in [0.4, 0.5) is 13.2 Å². The summed E-state index contributed by atoms with van der Waals surface area (Å²) in [6.45, 7) is -1.32. The highest BCUT2D eigenvalue weighted by Crippen LogP contribution is 2.14. The molecular formula is C9H10F3NO2. The largest absolute Gasteiger partial charge is 0.475 e. The Bertz CT molecular complexity index is 276. The van der Waals surface area contributed by atoms with E-state index in [1.54, 1.807) is 18.2 Å². The Morgan fingerprint density at radius 3 is 2.60 bits per heavy atom. The fraction of sp³-hybridized carbons (Fsp3) is 0.444. The maximum Gasteiger partial charge on any atom is 0.411 e. The molecule has 0 saturated carbocycles. The van der Waals surface area contributed by atoms with Crippen LogP contribution >= 0.6 is 0 Å². The first kappa shape index (κ1) is 11.8. The van der Waals surface area contributed by atoms with Crippen molar-refractivity contribution in [1.82, 2.24) is 4.98 Å². The van der Waals surface area contributed by atoms with E-state index in [1.165, 1.54) is 6.20 Å². The van der Waals surface area contributed by atoms with Crippen molar-refractivity contribution in [2.75, 3.05) is 19.8 Å². The monoisotopic (exact) mass is 221 g/mol. The zero-order valence-corrected chi connectivity index (χ0v) is 7.83. The molecule has 1 rings (SSSR count). The third kappa shape index (κ3) is 5.90. The van der Waals surface area contributed by atoms with Gasteiger partial charge in [0.25, 0.3) is 0 Å². The molecule has 0 atom stereocenters. The van der Waals surface area contributed by atoms with E-state index in [2.05, 4.69) is 9.72 Å². The zero-order valence-electron chi connectivity index (χ0n) is 7.83. The molecule has 0 aromatic carbocycles. The molecular weight excluding hydrogens is 211 g/mol. The summed E-state index contributed by atoms with van der Waals surface area (Å²) >= 11 is 0. The fourth-order valence-electron chi connectivity index (χ4n) is 0.826. The van der Waals surface area contributed by atoms with Crippen LogP contribution in [0.5, 0.6) is 5.88 Å².